The van der Waals surface area contributed by atoms with Crippen LogP contribution in [0.4, 0.5) is 19.0 Å². The van der Waals surface area contributed by atoms with Crippen molar-refractivity contribution in [2.24, 2.45) is 0 Å². The molecule has 38 heavy (non-hydrogen) atoms. The minimum absolute atomic E-state index is 0.00858. The monoisotopic (exact) mass is 515 g/mol. The molecule has 0 amide bonds. The number of rotatable bonds is 7. The SMILES string of the molecule is Cc1cccc(Cc2c(NCc3ccc(-c4ccccc4)c(-c4nnn[nH]4)c3)nc(C)nc2C(F)(F)F)c1. The summed E-state index contributed by atoms with van der Waals surface area (Å²) in [7, 11) is 0. The highest BCUT2D eigenvalue weighted by atomic mass is 19.4. The van der Waals surface area contributed by atoms with Crippen molar-refractivity contribution in [2.45, 2.75) is 33.0 Å². The first-order valence-electron chi connectivity index (χ1n) is 11.9. The summed E-state index contributed by atoms with van der Waals surface area (Å²) in [6, 6.07) is 23.0. The number of halogens is 3. The molecular formula is C28H24F3N7. The number of nitrogens with one attached hydrogen (secondary N) is 2. The van der Waals surface area contributed by atoms with E-state index in [0.717, 1.165) is 33.4 Å². The zero-order chi connectivity index (χ0) is 26.7. The molecule has 0 unspecified atom stereocenters. The first kappa shape index (κ1) is 25.1. The number of alkyl halides is 3. The van der Waals surface area contributed by atoms with Crippen LogP contribution in [0, 0.1) is 13.8 Å². The molecule has 5 aromatic rings. The third-order valence-corrected chi connectivity index (χ3v) is 6.08. The molecule has 0 aliphatic rings. The number of benzene rings is 3. The van der Waals surface area contributed by atoms with E-state index < -0.39 is 11.9 Å². The van der Waals surface area contributed by atoms with Crippen LogP contribution >= 0.6 is 0 Å². The Balaban J connectivity index is 1.51. The Morgan fingerprint density at radius 1 is 0.842 bits per heavy atom. The zero-order valence-corrected chi connectivity index (χ0v) is 20.7. The van der Waals surface area contributed by atoms with Gasteiger partial charge < -0.3 is 5.32 Å². The van der Waals surface area contributed by atoms with Gasteiger partial charge in [0.05, 0.1) is 0 Å². The van der Waals surface area contributed by atoms with Gasteiger partial charge in [-0.05, 0) is 52.6 Å². The first-order valence-corrected chi connectivity index (χ1v) is 11.9. The molecule has 2 heterocycles. The number of tetrazole rings is 1. The fraction of sp³-hybridized carbons (Fsp3) is 0.179. The molecule has 2 N–H and O–H groups in total. The molecular weight excluding hydrogens is 491 g/mol. The number of anilines is 1. The van der Waals surface area contributed by atoms with E-state index in [9.17, 15) is 13.2 Å². The van der Waals surface area contributed by atoms with Gasteiger partial charge in [-0.3, -0.25) is 0 Å². The average molecular weight is 516 g/mol. The predicted molar refractivity (Wildman–Crippen MR) is 138 cm³/mol. The van der Waals surface area contributed by atoms with Gasteiger partial charge in [0.25, 0.3) is 0 Å². The quantitative estimate of drug-likeness (QED) is 0.270. The fourth-order valence-electron chi connectivity index (χ4n) is 4.40. The van der Waals surface area contributed by atoms with Crippen molar-refractivity contribution in [3.8, 4) is 22.5 Å². The molecule has 0 saturated heterocycles. The Kier molecular flexibility index (Phi) is 6.87. The summed E-state index contributed by atoms with van der Waals surface area (Å²) in [5, 5.41) is 17.4. The van der Waals surface area contributed by atoms with Crippen molar-refractivity contribution in [1.29, 1.82) is 0 Å². The smallest absolute Gasteiger partial charge is 0.366 e. The van der Waals surface area contributed by atoms with Crippen molar-refractivity contribution in [3.05, 3.63) is 107 Å². The maximum atomic E-state index is 14.0. The molecule has 0 atom stereocenters. The van der Waals surface area contributed by atoms with Gasteiger partial charge in [0.15, 0.2) is 11.5 Å². The second kappa shape index (κ2) is 10.4. The number of hydrogen-bond acceptors (Lipinski definition) is 6. The minimum atomic E-state index is -4.62. The lowest BCUT2D eigenvalue weighted by Gasteiger charge is -2.18. The first-order chi connectivity index (χ1) is 18.3. The molecule has 0 spiro atoms. The Morgan fingerprint density at radius 2 is 1.66 bits per heavy atom. The number of aromatic nitrogens is 6. The standard InChI is InChI=1S/C28H24F3N7/c1-17-7-6-8-19(13-17)14-24-25(28(29,30)31)33-18(2)34-26(24)32-16-20-11-12-22(21-9-4-3-5-10-21)23(15-20)27-35-37-38-36-27/h3-13,15H,14,16H2,1-2H3,(H,32,33,34)(H,35,36,37,38). The Labute approximate surface area is 217 Å². The molecule has 0 aliphatic carbocycles. The Bertz CT molecular complexity index is 1550. The largest absolute Gasteiger partial charge is 0.433 e. The molecule has 2 aromatic heterocycles. The molecule has 0 fully saturated rings. The highest BCUT2D eigenvalue weighted by Gasteiger charge is 2.37. The highest BCUT2D eigenvalue weighted by Crippen LogP contribution is 2.35. The third-order valence-electron chi connectivity index (χ3n) is 6.08. The average Bonchev–Trinajstić information content (AvgIpc) is 3.43. The zero-order valence-electron chi connectivity index (χ0n) is 20.7. The molecule has 192 valence electrons. The van der Waals surface area contributed by atoms with Gasteiger partial charge in [0.2, 0.25) is 0 Å². The van der Waals surface area contributed by atoms with Crippen LogP contribution in [-0.2, 0) is 19.1 Å². The summed E-state index contributed by atoms with van der Waals surface area (Å²) in [6.45, 7) is 3.60. The van der Waals surface area contributed by atoms with Gasteiger partial charge in [-0.1, -0.05) is 72.3 Å². The van der Waals surface area contributed by atoms with E-state index in [-0.39, 0.29) is 30.2 Å². The van der Waals surface area contributed by atoms with E-state index in [4.69, 9.17) is 0 Å². The molecule has 10 heteroatoms. The van der Waals surface area contributed by atoms with Crippen LogP contribution in [0.3, 0.4) is 0 Å². The minimum Gasteiger partial charge on any atom is -0.366 e. The lowest BCUT2D eigenvalue weighted by molar-refractivity contribution is -0.141. The summed E-state index contributed by atoms with van der Waals surface area (Å²) in [6.07, 6.45) is -4.58. The van der Waals surface area contributed by atoms with Crippen molar-refractivity contribution in [2.75, 3.05) is 5.32 Å². The number of aryl methyl sites for hydroxylation is 2. The van der Waals surface area contributed by atoms with E-state index in [1.165, 1.54) is 6.92 Å². The lowest BCUT2D eigenvalue weighted by atomic mass is 9.97. The summed E-state index contributed by atoms with van der Waals surface area (Å²) >= 11 is 0. The number of aromatic amines is 1. The Hall–Kier alpha value is -4.60. The molecule has 0 bridgehead atoms. The van der Waals surface area contributed by atoms with Crippen LogP contribution in [0.15, 0.2) is 72.8 Å². The molecule has 0 saturated carbocycles. The second-order valence-electron chi connectivity index (χ2n) is 8.96. The van der Waals surface area contributed by atoms with Gasteiger partial charge in [-0.15, -0.1) is 5.10 Å². The van der Waals surface area contributed by atoms with Crippen molar-refractivity contribution < 1.29 is 13.2 Å². The third kappa shape index (κ3) is 5.54. The number of H-pyrrole nitrogens is 1. The predicted octanol–water partition coefficient (Wildman–Crippen LogP) is 6.16. The normalized spacial score (nSPS) is 11.5. The van der Waals surface area contributed by atoms with E-state index >= 15 is 0 Å². The Morgan fingerprint density at radius 3 is 2.37 bits per heavy atom. The van der Waals surface area contributed by atoms with Crippen LogP contribution in [0.5, 0.6) is 0 Å². The van der Waals surface area contributed by atoms with Gasteiger partial charge in [-0.25, -0.2) is 15.1 Å². The molecule has 7 nitrogen and oxygen atoms in total. The second-order valence-corrected chi connectivity index (χ2v) is 8.96. The number of nitrogens with zero attached hydrogens (tertiary/aromatic N) is 5. The van der Waals surface area contributed by atoms with Gasteiger partial charge >= 0.3 is 6.18 Å². The van der Waals surface area contributed by atoms with Crippen LogP contribution in [0.2, 0.25) is 0 Å². The van der Waals surface area contributed by atoms with Crippen molar-refractivity contribution >= 4 is 5.82 Å². The lowest BCUT2D eigenvalue weighted by Crippen LogP contribution is -2.18. The molecule has 0 radical (unpaired) electrons. The summed E-state index contributed by atoms with van der Waals surface area (Å²) < 4.78 is 42.1. The van der Waals surface area contributed by atoms with Gasteiger partial charge in [-0.2, -0.15) is 13.2 Å². The van der Waals surface area contributed by atoms with E-state index in [1.54, 1.807) is 6.07 Å². The number of hydrogen-bond donors (Lipinski definition) is 2. The maximum absolute atomic E-state index is 14.0. The maximum Gasteiger partial charge on any atom is 0.433 e. The van der Waals surface area contributed by atoms with Crippen LogP contribution in [0.1, 0.15) is 33.8 Å². The molecule has 5 rings (SSSR count). The van der Waals surface area contributed by atoms with Crippen LogP contribution < -0.4 is 5.32 Å². The van der Waals surface area contributed by atoms with Crippen LogP contribution in [0.25, 0.3) is 22.5 Å². The van der Waals surface area contributed by atoms with Crippen molar-refractivity contribution in [3.63, 3.8) is 0 Å². The fourth-order valence-corrected chi connectivity index (χ4v) is 4.40. The summed E-state index contributed by atoms with van der Waals surface area (Å²) in [5.74, 6) is 0.685. The van der Waals surface area contributed by atoms with Crippen LogP contribution in [-0.4, -0.2) is 30.6 Å². The van der Waals surface area contributed by atoms with E-state index in [2.05, 4.69) is 35.9 Å². The molecule has 3 aromatic carbocycles. The van der Waals surface area contributed by atoms with E-state index in [1.807, 2.05) is 73.7 Å². The highest BCUT2D eigenvalue weighted by molar-refractivity contribution is 5.80. The van der Waals surface area contributed by atoms with Gasteiger partial charge in [0.1, 0.15) is 11.6 Å². The topological polar surface area (TPSA) is 92.3 Å². The van der Waals surface area contributed by atoms with Gasteiger partial charge in [0, 0.05) is 24.1 Å². The van der Waals surface area contributed by atoms with E-state index in [0.29, 0.717) is 5.82 Å². The summed E-state index contributed by atoms with van der Waals surface area (Å²) in [4.78, 5) is 8.13. The van der Waals surface area contributed by atoms with Crippen molar-refractivity contribution in [1.82, 2.24) is 30.6 Å². The summed E-state index contributed by atoms with van der Waals surface area (Å²) in [5.41, 5.74) is 4.30. The molecule has 0 aliphatic heterocycles.